The maximum atomic E-state index is 11.9. The Balaban J connectivity index is 2.53. The van der Waals surface area contributed by atoms with Crippen LogP contribution in [-0.2, 0) is 4.79 Å². The van der Waals surface area contributed by atoms with Crippen LogP contribution in [0.3, 0.4) is 0 Å². The molecule has 0 saturated carbocycles. The topological polar surface area (TPSA) is 29.1 Å². The molecule has 1 aromatic carbocycles. The van der Waals surface area contributed by atoms with E-state index in [0.29, 0.717) is 6.42 Å². The molecule has 0 heterocycles. The molecular formula is C15H20INOSi. The average Bonchev–Trinajstić information content (AvgIpc) is 2.25. The van der Waals surface area contributed by atoms with Crippen LogP contribution in [0.2, 0.25) is 19.6 Å². The first-order valence-corrected chi connectivity index (χ1v) is 10.9. The van der Waals surface area contributed by atoms with E-state index in [1.54, 1.807) is 0 Å². The monoisotopic (exact) mass is 385 g/mol. The average molecular weight is 385 g/mol. The number of nitrogens with one attached hydrogen (secondary N) is 1. The standard InChI is InChI=1S/C15H20INOSi/c1-12(8-9-19(2,3)4)10-15(18)17-14-7-5-6-13(16)11-14/h5-7,11-12H,10H2,1-4H3,(H,17,18)/t12-/m0/s1. The highest BCUT2D eigenvalue weighted by Crippen LogP contribution is 2.13. The van der Waals surface area contributed by atoms with Crippen molar-refractivity contribution in [2.75, 3.05) is 5.32 Å². The van der Waals surface area contributed by atoms with Crippen molar-refractivity contribution < 1.29 is 4.79 Å². The lowest BCUT2D eigenvalue weighted by Gasteiger charge is -2.08. The maximum absolute atomic E-state index is 11.9. The van der Waals surface area contributed by atoms with E-state index in [4.69, 9.17) is 0 Å². The quantitative estimate of drug-likeness (QED) is 0.473. The molecule has 0 bridgehead atoms. The molecule has 0 aliphatic heterocycles. The van der Waals surface area contributed by atoms with Crippen molar-refractivity contribution in [3.8, 4) is 11.5 Å². The second-order valence-corrected chi connectivity index (χ2v) is 11.7. The summed E-state index contributed by atoms with van der Waals surface area (Å²) in [6.07, 6.45) is 0.447. The Kier molecular flexibility index (Phi) is 6.08. The molecular weight excluding hydrogens is 365 g/mol. The number of hydrogen-bond acceptors (Lipinski definition) is 1. The van der Waals surface area contributed by atoms with Crippen LogP contribution in [0.1, 0.15) is 13.3 Å². The summed E-state index contributed by atoms with van der Waals surface area (Å²) in [7, 11) is -1.35. The van der Waals surface area contributed by atoms with E-state index in [-0.39, 0.29) is 11.8 Å². The number of anilines is 1. The molecule has 0 radical (unpaired) electrons. The van der Waals surface area contributed by atoms with Crippen molar-refractivity contribution in [1.82, 2.24) is 0 Å². The third-order valence-corrected chi connectivity index (χ3v) is 3.86. The van der Waals surface area contributed by atoms with Crippen LogP contribution in [0, 0.1) is 21.0 Å². The van der Waals surface area contributed by atoms with Crippen LogP contribution in [0.25, 0.3) is 0 Å². The molecule has 1 rings (SSSR count). The molecule has 1 amide bonds. The molecule has 0 spiro atoms. The van der Waals surface area contributed by atoms with Gasteiger partial charge in [0.1, 0.15) is 8.07 Å². The molecule has 1 N–H and O–H groups in total. The molecule has 0 aliphatic rings. The van der Waals surface area contributed by atoms with Gasteiger partial charge in [-0.3, -0.25) is 4.79 Å². The second kappa shape index (κ2) is 7.11. The van der Waals surface area contributed by atoms with E-state index in [9.17, 15) is 4.79 Å². The highest BCUT2D eigenvalue weighted by atomic mass is 127. The lowest BCUT2D eigenvalue weighted by atomic mass is 10.1. The number of hydrogen-bond donors (Lipinski definition) is 1. The molecule has 1 aromatic rings. The largest absolute Gasteiger partial charge is 0.326 e. The fraction of sp³-hybridized carbons (Fsp3) is 0.400. The molecule has 0 fully saturated rings. The number of carbonyl (C=O) groups excluding carboxylic acids is 1. The summed E-state index contributed by atoms with van der Waals surface area (Å²) >= 11 is 2.23. The SMILES string of the molecule is C[C@@H](C#C[Si](C)(C)C)CC(=O)Nc1cccc(I)c1. The first-order valence-electron chi connectivity index (χ1n) is 6.34. The predicted octanol–water partition coefficient (Wildman–Crippen LogP) is 4.14. The summed E-state index contributed by atoms with van der Waals surface area (Å²) in [5.74, 6) is 3.33. The van der Waals surface area contributed by atoms with Gasteiger partial charge in [-0.1, -0.05) is 32.6 Å². The minimum absolute atomic E-state index is 0.0272. The highest BCUT2D eigenvalue weighted by Gasteiger charge is 2.10. The molecule has 0 aromatic heterocycles. The van der Waals surface area contributed by atoms with Crippen molar-refractivity contribution in [2.45, 2.75) is 33.0 Å². The van der Waals surface area contributed by atoms with Gasteiger partial charge in [-0.15, -0.1) is 11.5 Å². The first-order chi connectivity index (χ1) is 8.76. The van der Waals surface area contributed by atoms with Gasteiger partial charge in [0, 0.05) is 21.6 Å². The van der Waals surface area contributed by atoms with Crippen LogP contribution in [-0.4, -0.2) is 14.0 Å². The van der Waals surface area contributed by atoms with E-state index < -0.39 is 8.07 Å². The summed E-state index contributed by atoms with van der Waals surface area (Å²) < 4.78 is 1.11. The predicted molar refractivity (Wildman–Crippen MR) is 92.7 cm³/mol. The Morgan fingerprint density at radius 2 is 2.11 bits per heavy atom. The van der Waals surface area contributed by atoms with Gasteiger partial charge in [-0.2, -0.15) is 0 Å². The number of amides is 1. The maximum Gasteiger partial charge on any atom is 0.225 e. The van der Waals surface area contributed by atoms with E-state index in [1.807, 2.05) is 31.2 Å². The van der Waals surface area contributed by atoms with Crippen molar-refractivity contribution in [2.24, 2.45) is 5.92 Å². The van der Waals surface area contributed by atoms with Gasteiger partial charge < -0.3 is 5.32 Å². The van der Waals surface area contributed by atoms with Crippen LogP contribution in [0.5, 0.6) is 0 Å². The van der Waals surface area contributed by atoms with Crippen molar-refractivity contribution in [3.63, 3.8) is 0 Å². The zero-order chi connectivity index (χ0) is 14.5. The summed E-state index contributed by atoms with van der Waals surface area (Å²) in [5.41, 5.74) is 4.16. The Labute approximate surface area is 130 Å². The summed E-state index contributed by atoms with van der Waals surface area (Å²) in [6.45, 7) is 8.62. The molecule has 19 heavy (non-hydrogen) atoms. The smallest absolute Gasteiger partial charge is 0.225 e. The fourth-order valence-electron chi connectivity index (χ4n) is 1.45. The van der Waals surface area contributed by atoms with Gasteiger partial charge in [0.25, 0.3) is 0 Å². The third-order valence-electron chi connectivity index (χ3n) is 2.29. The van der Waals surface area contributed by atoms with Crippen molar-refractivity contribution >= 4 is 42.3 Å². The lowest BCUT2D eigenvalue weighted by Crippen LogP contribution is -2.18. The molecule has 4 heteroatoms. The van der Waals surface area contributed by atoms with Gasteiger partial charge in [0.15, 0.2) is 0 Å². The van der Waals surface area contributed by atoms with Crippen LogP contribution in [0.15, 0.2) is 24.3 Å². The van der Waals surface area contributed by atoms with Gasteiger partial charge in [-0.05, 0) is 40.8 Å². The molecule has 2 nitrogen and oxygen atoms in total. The van der Waals surface area contributed by atoms with Crippen molar-refractivity contribution in [1.29, 1.82) is 0 Å². The summed E-state index contributed by atoms with van der Waals surface area (Å²) in [4.78, 5) is 11.9. The summed E-state index contributed by atoms with van der Waals surface area (Å²) in [5, 5.41) is 2.91. The zero-order valence-corrected chi connectivity index (χ0v) is 15.0. The Morgan fingerprint density at radius 1 is 1.42 bits per heavy atom. The van der Waals surface area contributed by atoms with E-state index in [2.05, 4.69) is 59.0 Å². The van der Waals surface area contributed by atoms with Gasteiger partial charge >= 0.3 is 0 Å². The Hall–Kier alpha value is -0.803. The minimum atomic E-state index is -1.35. The lowest BCUT2D eigenvalue weighted by molar-refractivity contribution is -0.116. The van der Waals surface area contributed by atoms with E-state index in [1.165, 1.54) is 0 Å². The van der Waals surface area contributed by atoms with Gasteiger partial charge in [0.2, 0.25) is 5.91 Å². The number of carbonyl (C=O) groups is 1. The highest BCUT2D eigenvalue weighted by molar-refractivity contribution is 14.1. The second-order valence-electron chi connectivity index (χ2n) is 5.68. The van der Waals surface area contributed by atoms with Crippen LogP contribution in [0.4, 0.5) is 5.69 Å². The normalized spacial score (nSPS) is 12.3. The molecule has 1 atom stereocenters. The van der Waals surface area contributed by atoms with Crippen LogP contribution < -0.4 is 5.32 Å². The van der Waals surface area contributed by atoms with Crippen molar-refractivity contribution in [3.05, 3.63) is 27.8 Å². The fourth-order valence-corrected chi connectivity index (χ4v) is 2.67. The minimum Gasteiger partial charge on any atom is -0.326 e. The van der Waals surface area contributed by atoms with Gasteiger partial charge in [-0.25, -0.2) is 0 Å². The van der Waals surface area contributed by atoms with E-state index in [0.717, 1.165) is 9.26 Å². The number of benzene rings is 1. The Morgan fingerprint density at radius 3 is 2.68 bits per heavy atom. The van der Waals surface area contributed by atoms with Crippen LogP contribution >= 0.6 is 22.6 Å². The number of halogens is 1. The Bertz CT molecular complexity index is 511. The zero-order valence-electron chi connectivity index (χ0n) is 11.9. The first kappa shape index (κ1) is 16.3. The summed E-state index contributed by atoms with van der Waals surface area (Å²) in [6, 6.07) is 7.79. The van der Waals surface area contributed by atoms with E-state index >= 15 is 0 Å². The van der Waals surface area contributed by atoms with Gasteiger partial charge in [0.05, 0.1) is 0 Å². The molecule has 0 saturated heterocycles. The third kappa shape index (κ3) is 7.38. The number of rotatable bonds is 3. The molecule has 102 valence electrons. The molecule has 0 aliphatic carbocycles. The molecule has 0 unspecified atom stereocenters.